The molecular formula is C13H18N2O3. The van der Waals surface area contributed by atoms with Crippen LogP contribution in [0.2, 0.25) is 0 Å². The number of ether oxygens (including phenoxy) is 2. The molecule has 0 saturated carbocycles. The molecule has 1 aromatic rings. The Hall–Kier alpha value is -2.04. The van der Waals surface area contributed by atoms with E-state index in [9.17, 15) is 4.79 Å². The summed E-state index contributed by atoms with van der Waals surface area (Å²) in [5, 5.41) is 0. The summed E-state index contributed by atoms with van der Waals surface area (Å²) in [5.41, 5.74) is 6.16. The zero-order valence-corrected chi connectivity index (χ0v) is 11.1. The van der Waals surface area contributed by atoms with Crippen LogP contribution in [0, 0.1) is 0 Å². The van der Waals surface area contributed by atoms with E-state index in [4.69, 9.17) is 15.2 Å². The van der Waals surface area contributed by atoms with Crippen molar-refractivity contribution in [1.29, 1.82) is 0 Å². The lowest BCUT2D eigenvalue weighted by molar-refractivity contribution is -0.148. The number of hydrogen-bond acceptors (Lipinski definition) is 5. The highest BCUT2D eigenvalue weighted by Gasteiger charge is 2.13. The molecule has 0 saturated heterocycles. The number of anilines is 1. The number of nitrogens with zero attached hydrogens (tertiary/aromatic N) is 1. The Bertz CT molecular complexity index is 462. The first-order chi connectivity index (χ1) is 8.31. The molecule has 0 aromatic carbocycles. The van der Waals surface area contributed by atoms with Gasteiger partial charge in [-0.3, -0.25) is 4.98 Å². The second kappa shape index (κ2) is 5.53. The fourth-order valence-corrected chi connectivity index (χ4v) is 1.22. The number of carbonyl (C=O) groups excluding carboxylic acids is 1. The summed E-state index contributed by atoms with van der Waals surface area (Å²) in [4.78, 5) is 15.5. The van der Waals surface area contributed by atoms with E-state index in [1.54, 1.807) is 12.1 Å². The Labute approximate surface area is 107 Å². The number of nitrogens with two attached hydrogens (primary N) is 1. The summed E-state index contributed by atoms with van der Waals surface area (Å²) in [6.07, 6.45) is 4.35. The maximum atomic E-state index is 11.5. The minimum Gasteiger partial charge on any atom is -0.494 e. The molecule has 0 bridgehead atoms. The summed E-state index contributed by atoms with van der Waals surface area (Å²) >= 11 is 0. The molecule has 18 heavy (non-hydrogen) atoms. The van der Waals surface area contributed by atoms with Crippen LogP contribution in [0.1, 0.15) is 26.5 Å². The molecule has 0 aliphatic heterocycles. The van der Waals surface area contributed by atoms with Crippen molar-refractivity contribution in [3.05, 3.63) is 24.0 Å². The Kier molecular flexibility index (Phi) is 4.31. The summed E-state index contributed by atoms with van der Waals surface area (Å²) in [6, 6.07) is 1.65. The van der Waals surface area contributed by atoms with Crippen LogP contribution < -0.4 is 10.5 Å². The van der Waals surface area contributed by atoms with Gasteiger partial charge in [-0.15, -0.1) is 0 Å². The molecule has 0 unspecified atom stereocenters. The Balaban J connectivity index is 2.76. The minimum absolute atomic E-state index is 0.417. The molecule has 2 N–H and O–H groups in total. The van der Waals surface area contributed by atoms with Crippen LogP contribution in [-0.2, 0) is 9.53 Å². The van der Waals surface area contributed by atoms with Crippen molar-refractivity contribution >= 4 is 17.7 Å². The maximum absolute atomic E-state index is 11.5. The molecule has 98 valence electrons. The molecule has 1 heterocycles. The first kappa shape index (κ1) is 14.0. The third-order valence-electron chi connectivity index (χ3n) is 1.93. The highest BCUT2D eigenvalue weighted by molar-refractivity contribution is 5.87. The van der Waals surface area contributed by atoms with Gasteiger partial charge in [-0.2, -0.15) is 0 Å². The minimum atomic E-state index is -0.506. The zero-order chi connectivity index (χ0) is 13.8. The molecule has 0 radical (unpaired) electrons. The first-order valence-electron chi connectivity index (χ1n) is 5.52. The predicted octanol–water partition coefficient (Wildman–Crippen LogP) is 2.03. The van der Waals surface area contributed by atoms with Crippen LogP contribution in [-0.4, -0.2) is 23.7 Å². The normalized spacial score (nSPS) is 11.6. The number of nitrogen functional groups attached to an aromatic ring is 1. The van der Waals surface area contributed by atoms with Crippen LogP contribution in [0.15, 0.2) is 18.3 Å². The van der Waals surface area contributed by atoms with Crippen LogP contribution in [0.4, 0.5) is 5.69 Å². The average Bonchev–Trinajstić information content (AvgIpc) is 2.25. The monoisotopic (exact) mass is 250 g/mol. The predicted molar refractivity (Wildman–Crippen MR) is 70.1 cm³/mol. The Morgan fingerprint density at radius 3 is 2.67 bits per heavy atom. The summed E-state index contributed by atoms with van der Waals surface area (Å²) in [6.45, 7) is 5.43. The van der Waals surface area contributed by atoms with Crippen molar-refractivity contribution in [3.8, 4) is 5.75 Å². The second-order valence-electron chi connectivity index (χ2n) is 4.72. The highest BCUT2D eigenvalue weighted by atomic mass is 16.6. The van der Waals surface area contributed by atoms with Crippen molar-refractivity contribution in [2.45, 2.75) is 26.4 Å². The number of pyridine rings is 1. The van der Waals surface area contributed by atoms with Crippen molar-refractivity contribution < 1.29 is 14.3 Å². The number of methoxy groups -OCH3 is 1. The molecule has 5 nitrogen and oxygen atoms in total. The molecule has 1 aromatic heterocycles. The van der Waals surface area contributed by atoms with E-state index >= 15 is 0 Å². The van der Waals surface area contributed by atoms with E-state index in [2.05, 4.69) is 4.98 Å². The van der Waals surface area contributed by atoms with Gasteiger partial charge in [-0.05, 0) is 26.8 Å². The topological polar surface area (TPSA) is 74.4 Å². The molecular weight excluding hydrogens is 232 g/mol. The van der Waals surface area contributed by atoms with Crippen molar-refractivity contribution in [1.82, 2.24) is 4.98 Å². The van der Waals surface area contributed by atoms with E-state index in [0.29, 0.717) is 17.1 Å². The lowest BCUT2D eigenvalue weighted by Crippen LogP contribution is -2.22. The van der Waals surface area contributed by atoms with Gasteiger partial charge in [0.25, 0.3) is 0 Å². The van der Waals surface area contributed by atoms with E-state index in [-0.39, 0.29) is 0 Å². The Morgan fingerprint density at radius 1 is 1.44 bits per heavy atom. The molecule has 0 aliphatic carbocycles. The van der Waals surface area contributed by atoms with Gasteiger partial charge in [0, 0.05) is 12.1 Å². The Morgan fingerprint density at radius 2 is 2.11 bits per heavy atom. The quantitative estimate of drug-likeness (QED) is 0.656. The van der Waals surface area contributed by atoms with Gasteiger partial charge in [0.15, 0.2) is 0 Å². The molecule has 0 atom stereocenters. The standard InChI is InChI=1S/C13H18N2O3/c1-13(2,3)18-12(16)6-5-9-7-11(17-4)10(14)8-15-9/h5-8H,14H2,1-4H3/b6-5+. The molecule has 1 rings (SSSR count). The number of aromatic nitrogens is 1. The third-order valence-corrected chi connectivity index (χ3v) is 1.93. The van der Waals surface area contributed by atoms with E-state index in [1.807, 2.05) is 20.8 Å². The van der Waals surface area contributed by atoms with Gasteiger partial charge in [0.1, 0.15) is 11.4 Å². The second-order valence-corrected chi connectivity index (χ2v) is 4.72. The van der Waals surface area contributed by atoms with Crippen LogP contribution in [0.3, 0.4) is 0 Å². The van der Waals surface area contributed by atoms with Crippen molar-refractivity contribution in [2.75, 3.05) is 12.8 Å². The van der Waals surface area contributed by atoms with Crippen molar-refractivity contribution in [3.63, 3.8) is 0 Å². The SMILES string of the molecule is COc1cc(/C=C/C(=O)OC(C)(C)C)ncc1N. The fraction of sp³-hybridized carbons (Fsp3) is 0.385. The lowest BCUT2D eigenvalue weighted by atomic mass is 10.2. The maximum Gasteiger partial charge on any atom is 0.331 e. The number of esters is 1. The van der Waals surface area contributed by atoms with Gasteiger partial charge in [0.2, 0.25) is 0 Å². The molecule has 0 amide bonds. The van der Waals surface area contributed by atoms with Gasteiger partial charge < -0.3 is 15.2 Å². The largest absolute Gasteiger partial charge is 0.494 e. The van der Waals surface area contributed by atoms with Crippen LogP contribution in [0.5, 0.6) is 5.75 Å². The molecule has 0 spiro atoms. The summed E-state index contributed by atoms with van der Waals surface area (Å²) in [5.74, 6) is 0.105. The summed E-state index contributed by atoms with van der Waals surface area (Å²) < 4.78 is 10.2. The number of rotatable bonds is 3. The molecule has 0 fully saturated rings. The molecule has 0 aliphatic rings. The average molecular weight is 250 g/mol. The van der Waals surface area contributed by atoms with Gasteiger partial charge in [0.05, 0.1) is 24.7 Å². The zero-order valence-electron chi connectivity index (χ0n) is 11.1. The van der Waals surface area contributed by atoms with Gasteiger partial charge in [-0.25, -0.2) is 4.79 Å². The van der Waals surface area contributed by atoms with Gasteiger partial charge >= 0.3 is 5.97 Å². The highest BCUT2D eigenvalue weighted by Crippen LogP contribution is 2.20. The third kappa shape index (κ3) is 4.45. The summed E-state index contributed by atoms with van der Waals surface area (Å²) in [7, 11) is 1.52. The van der Waals surface area contributed by atoms with E-state index < -0.39 is 11.6 Å². The smallest absolute Gasteiger partial charge is 0.331 e. The fourth-order valence-electron chi connectivity index (χ4n) is 1.22. The lowest BCUT2D eigenvalue weighted by Gasteiger charge is -2.17. The van der Waals surface area contributed by atoms with Gasteiger partial charge in [-0.1, -0.05) is 0 Å². The van der Waals surface area contributed by atoms with Crippen LogP contribution in [0.25, 0.3) is 6.08 Å². The number of hydrogen-bond donors (Lipinski definition) is 1. The number of carbonyl (C=O) groups is 1. The first-order valence-corrected chi connectivity index (χ1v) is 5.52. The van der Waals surface area contributed by atoms with E-state index in [0.717, 1.165) is 0 Å². The van der Waals surface area contributed by atoms with Crippen LogP contribution >= 0.6 is 0 Å². The van der Waals surface area contributed by atoms with Crippen molar-refractivity contribution in [2.24, 2.45) is 0 Å². The molecule has 5 heteroatoms. The van der Waals surface area contributed by atoms with E-state index in [1.165, 1.54) is 19.4 Å².